The van der Waals surface area contributed by atoms with Crippen LogP contribution < -0.4 is 19.6 Å². The van der Waals surface area contributed by atoms with E-state index in [-0.39, 0.29) is 11.3 Å². The van der Waals surface area contributed by atoms with Gasteiger partial charge in [0.05, 0.1) is 26.0 Å². The summed E-state index contributed by atoms with van der Waals surface area (Å²) in [7, 11) is 2.99. The van der Waals surface area contributed by atoms with Crippen molar-refractivity contribution < 1.29 is 23.8 Å². The van der Waals surface area contributed by atoms with Crippen LogP contribution in [0.5, 0.6) is 17.2 Å². The molecule has 0 spiro atoms. The predicted octanol–water partition coefficient (Wildman–Crippen LogP) is 5.10. The third-order valence-electron chi connectivity index (χ3n) is 4.25. The number of carbonyl (C=O) groups is 2. The average molecular weight is 518 g/mol. The molecule has 1 amide bonds. The van der Waals surface area contributed by atoms with E-state index in [1.54, 1.807) is 48.5 Å². The van der Waals surface area contributed by atoms with Gasteiger partial charge in [0, 0.05) is 20.6 Å². The van der Waals surface area contributed by atoms with E-state index in [1.807, 2.05) is 0 Å². The van der Waals surface area contributed by atoms with Crippen molar-refractivity contribution in [1.82, 2.24) is 5.43 Å². The largest absolute Gasteiger partial charge is 0.493 e. The molecule has 0 aliphatic heterocycles. The number of halogens is 2. The first kappa shape index (κ1) is 23.3. The van der Waals surface area contributed by atoms with Gasteiger partial charge in [-0.2, -0.15) is 5.10 Å². The lowest BCUT2D eigenvalue weighted by molar-refractivity contribution is 0.0733. The predicted molar refractivity (Wildman–Crippen MR) is 125 cm³/mol. The van der Waals surface area contributed by atoms with E-state index in [0.717, 1.165) is 4.47 Å². The summed E-state index contributed by atoms with van der Waals surface area (Å²) in [4.78, 5) is 24.9. The number of nitrogens with one attached hydrogen (secondary N) is 1. The van der Waals surface area contributed by atoms with E-state index in [2.05, 4.69) is 26.5 Å². The third-order valence-corrected chi connectivity index (χ3v) is 4.98. The lowest BCUT2D eigenvalue weighted by Gasteiger charge is -2.11. The van der Waals surface area contributed by atoms with Gasteiger partial charge in [-0.1, -0.05) is 33.6 Å². The molecule has 0 aliphatic carbocycles. The van der Waals surface area contributed by atoms with Crippen molar-refractivity contribution in [2.75, 3.05) is 14.2 Å². The summed E-state index contributed by atoms with van der Waals surface area (Å²) in [5, 5.41) is 4.41. The van der Waals surface area contributed by atoms with Crippen molar-refractivity contribution in [2.45, 2.75) is 0 Å². The minimum Gasteiger partial charge on any atom is -0.493 e. The zero-order valence-corrected chi connectivity index (χ0v) is 19.4. The minimum atomic E-state index is -0.592. The second-order valence-electron chi connectivity index (χ2n) is 6.35. The molecule has 0 aromatic heterocycles. The molecule has 0 saturated carbocycles. The van der Waals surface area contributed by atoms with E-state index >= 15 is 0 Å². The van der Waals surface area contributed by atoms with Gasteiger partial charge in [-0.3, -0.25) is 4.79 Å². The van der Waals surface area contributed by atoms with E-state index in [4.69, 9.17) is 25.8 Å². The van der Waals surface area contributed by atoms with Crippen LogP contribution in [0.15, 0.2) is 70.2 Å². The van der Waals surface area contributed by atoms with E-state index in [0.29, 0.717) is 27.6 Å². The Hall–Kier alpha value is -3.36. The zero-order chi connectivity index (χ0) is 23.1. The molecule has 3 aromatic carbocycles. The van der Waals surface area contributed by atoms with Crippen molar-refractivity contribution >= 4 is 45.6 Å². The van der Waals surface area contributed by atoms with Gasteiger partial charge in [-0.05, 0) is 54.6 Å². The minimum absolute atomic E-state index is 0.258. The van der Waals surface area contributed by atoms with Crippen molar-refractivity contribution in [3.8, 4) is 17.2 Å². The maximum atomic E-state index is 12.7. The number of methoxy groups -OCH3 is 2. The fraction of sp³-hybridized carbons (Fsp3) is 0.0870. The Balaban J connectivity index is 1.77. The summed E-state index contributed by atoms with van der Waals surface area (Å²) in [5.41, 5.74) is 3.54. The molecule has 0 radical (unpaired) electrons. The van der Waals surface area contributed by atoms with Gasteiger partial charge < -0.3 is 14.2 Å². The molecule has 9 heteroatoms. The fourth-order valence-corrected chi connectivity index (χ4v) is 3.26. The standard InChI is InChI=1S/C23H18BrClN2O5/c1-30-20-8-6-15(12-21(20)31-2)23(29)32-19-9-7-17(24)10-16(19)13-26-27-22(28)14-4-3-5-18(25)11-14/h3-13H,1-2H3,(H,27,28)/b26-13+. The number of benzene rings is 3. The topological polar surface area (TPSA) is 86.2 Å². The highest BCUT2D eigenvalue weighted by atomic mass is 79.9. The van der Waals surface area contributed by atoms with Gasteiger partial charge in [0.15, 0.2) is 11.5 Å². The number of ether oxygens (including phenoxy) is 3. The van der Waals surface area contributed by atoms with Gasteiger partial charge in [-0.25, -0.2) is 10.2 Å². The van der Waals surface area contributed by atoms with Crippen LogP contribution >= 0.6 is 27.5 Å². The molecule has 0 unspecified atom stereocenters. The number of nitrogens with zero attached hydrogens (tertiary/aromatic N) is 1. The smallest absolute Gasteiger partial charge is 0.343 e. The van der Waals surface area contributed by atoms with Crippen molar-refractivity contribution in [3.05, 3.63) is 86.8 Å². The molecule has 0 fully saturated rings. The maximum Gasteiger partial charge on any atom is 0.343 e. The molecule has 0 saturated heterocycles. The van der Waals surface area contributed by atoms with E-state index < -0.39 is 11.9 Å². The van der Waals surface area contributed by atoms with Crippen LogP contribution in [-0.4, -0.2) is 32.3 Å². The van der Waals surface area contributed by atoms with Gasteiger partial charge in [0.1, 0.15) is 5.75 Å². The Labute approximate surface area is 198 Å². The molecule has 164 valence electrons. The highest BCUT2D eigenvalue weighted by Crippen LogP contribution is 2.29. The Kier molecular flexibility index (Phi) is 7.86. The van der Waals surface area contributed by atoms with Gasteiger partial charge in [-0.15, -0.1) is 0 Å². The summed E-state index contributed by atoms with van der Waals surface area (Å²) >= 11 is 9.28. The highest BCUT2D eigenvalue weighted by molar-refractivity contribution is 9.10. The summed E-state index contributed by atoms with van der Waals surface area (Å²) in [6, 6.07) is 16.2. The number of carbonyl (C=O) groups excluding carboxylic acids is 2. The first-order chi connectivity index (χ1) is 15.4. The average Bonchev–Trinajstić information content (AvgIpc) is 2.80. The first-order valence-corrected chi connectivity index (χ1v) is 10.4. The summed E-state index contributed by atoms with van der Waals surface area (Å²) < 4.78 is 16.7. The van der Waals surface area contributed by atoms with Crippen molar-refractivity contribution in [2.24, 2.45) is 5.10 Å². The molecule has 3 rings (SSSR count). The SMILES string of the molecule is COc1ccc(C(=O)Oc2ccc(Br)cc2/C=N/NC(=O)c2cccc(Cl)c2)cc1OC. The Bertz CT molecular complexity index is 1180. The molecule has 0 bridgehead atoms. The number of amides is 1. The number of rotatable bonds is 7. The van der Waals surface area contributed by atoms with Gasteiger partial charge in [0.2, 0.25) is 0 Å². The quantitative estimate of drug-likeness (QED) is 0.204. The van der Waals surface area contributed by atoms with Gasteiger partial charge >= 0.3 is 5.97 Å². The van der Waals surface area contributed by atoms with Crippen molar-refractivity contribution in [3.63, 3.8) is 0 Å². The first-order valence-electron chi connectivity index (χ1n) is 9.24. The Morgan fingerprint density at radius 2 is 1.69 bits per heavy atom. The van der Waals surface area contributed by atoms with Crippen molar-refractivity contribution in [1.29, 1.82) is 0 Å². The lowest BCUT2D eigenvalue weighted by atomic mass is 10.2. The van der Waals surface area contributed by atoms with E-state index in [9.17, 15) is 9.59 Å². The molecular weight excluding hydrogens is 500 g/mol. The Morgan fingerprint density at radius 1 is 0.938 bits per heavy atom. The number of hydrazone groups is 1. The second kappa shape index (κ2) is 10.8. The summed E-state index contributed by atoms with van der Waals surface area (Å²) in [6.45, 7) is 0. The van der Waals surface area contributed by atoms with Crippen LogP contribution in [0.4, 0.5) is 0 Å². The fourth-order valence-electron chi connectivity index (χ4n) is 2.69. The zero-order valence-electron chi connectivity index (χ0n) is 17.1. The molecule has 32 heavy (non-hydrogen) atoms. The van der Waals surface area contributed by atoms with Crippen LogP contribution in [0.25, 0.3) is 0 Å². The number of esters is 1. The maximum absolute atomic E-state index is 12.7. The van der Waals surface area contributed by atoms with Crippen LogP contribution in [0.2, 0.25) is 5.02 Å². The molecule has 3 aromatic rings. The summed E-state index contributed by atoms with van der Waals surface area (Å²) in [6.07, 6.45) is 1.38. The molecule has 0 atom stereocenters. The number of hydrogen-bond donors (Lipinski definition) is 1. The highest BCUT2D eigenvalue weighted by Gasteiger charge is 2.15. The lowest BCUT2D eigenvalue weighted by Crippen LogP contribution is -2.17. The number of hydrogen-bond acceptors (Lipinski definition) is 6. The molecule has 7 nitrogen and oxygen atoms in total. The molecule has 1 N–H and O–H groups in total. The molecule has 0 heterocycles. The van der Waals surface area contributed by atoms with Crippen LogP contribution in [-0.2, 0) is 0 Å². The Morgan fingerprint density at radius 3 is 2.41 bits per heavy atom. The third kappa shape index (κ3) is 5.87. The van der Waals surface area contributed by atoms with E-state index in [1.165, 1.54) is 32.6 Å². The monoisotopic (exact) mass is 516 g/mol. The second-order valence-corrected chi connectivity index (χ2v) is 7.70. The summed E-state index contributed by atoms with van der Waals surface area (Å²) in [5.74, 6) is 0.140. The molecular formula is C23H18BrClN2O5. The van der Waals surface area contributed by atoms with Crippen LogP contribution in [0.3, 0.4) is 0 Å². The van der Waals surface area contributed by atoms with Gasteiger partial charge in [0.25, 0.3) is 5.91 Å². The molecule has 0 aliphatic rings. The van der Waals surface area contributed by atoms with Crippen LogP contribution in [0.1, 0.15) is 26.3 Å². The normalized spacial score (nSPS) is 10.6. The van der Waals surface area contributed by atoms with Crippen LogP contribution in [0, 0.1) is 0 Å².